The highest BCUT2D eigenvalue weighted by Crippen LogP contribution is 2.18. The van der Waals surface area contributed by atoms with Gasteiger partial charge in [0.25, 0.3) is 5.91 Å². The normalized spacial score (nSPS) is 14.9. The number of fused-ring (bicyclic) bond motifs is 1. The van der Waals surface area contributed by atoms with Gasteiger partial charge in [-0.2, -0.15) is 0 Å². The zero-order valence-corrected chi connectivity index (χ0v) is 14.7. The molecule has 5 heteroatoms. The molecule has 1 atom stereocenters. The monoisotopic (exact) mass is 349 g/mol. The Kier molecular flexibility index (Phi) is 6.00. The lowest BCUT2D eigenvalue weighted by Gasteiger charge is -2.30. The second-order valence-electron chi connectivity index (χ2n) is 6.61. The van der Waals surface area contributed by atoms with Crippen LogP contribution in [-0.2, 0) is 13.0 Å². The Balaban J connectivity index is 1.41. The van der Waals surface area contributed by atoms with Crippen molar-refractivity contribution in [3.63, 3.8) is 0 Å². The van der Waals surface area contributed by atoms with E-state index in [0.29, 0.717) is 30.8 Å². The Morgan fingerprint density at radius 1 is 1.19 bits per heavy atom. The van der Waals surface area contributed by atoms with Gasteiger partial charge in [-0.05, 0) is 24.0 Å². The average Bonchev–Trinajstić information content (AvgIpc) is 2.68. The lowest BCUT2D eigenvalue weighted by molar-refractivity contribution is 0.0892. The molecule has 2 aromatic carbocycles. The molecule has 0 saturated carbocycles. The van der Waals surface area contributed by atoms with Gasteiger partial charge in [0.1, 0.15) is 0 Å². The van der Waals surface area contributed by atoms with Crippen molar-refractivity contribution >= 4 is 11.6 Å². The third-order valence-electron chi connectivity index (χ3n) is 4.70. The number of aliphatic hydroxyl groups excluding tert-OH is 1. The minimum Gasteiger partial charge on any atom is -0.392 e. The van der Waals surface area contributed by atoms with Crippen molar-refractivity contribution in [3.8, 4) is 0 Å². The maximum Gasteiger partial charge on any atom is 0.251 e. The number of carbonyl (C=O) groups is 1. The van der Waals surface area contributed by atoms with Crippen molar-refractivity contribution < 1.29 is 9.90 Å². The Labute approximate surface area is 154 Å². The molecule has 0 aromatic heterocycles. The Hall–Kier alpha value is -2.68. The molecule has 2 aromatic rings. The molecule has 26 heavy (non-hydrogen) atoms. The first kappa shape index (κ1) is 18.1. The molecular weight excluding hydrogens is 326 g/mol. The quantitative estimate of drug-likeness (QED) is 0.789. The van der Waals surface area contributed by atoms with Gasteiger partial charge < -0.3 is 10.4 Å². The molecule has 0 fully saturated rings. The van der Waals surface area contributed by atoms with E-state index in [9.17, 15) is 9.90 Å². The molecule has 0 saturated heterocycles. The third-order valence-corrected chi connectivity index (χ3v) is 4.70. The van der Waals surface area contributed by atoms with Gasteiger partial charge in [0.15, 0.2) is 5.69 Å². The summed E-state index contributed by atoms with van der Waals surface area (Å²) in [4.78, 5) is 17.6. The molecule has 2 N–H and O–H groups in total. The van der Waals surface area contributed by atoms with Gasteiger partial charge in [0.2, 0.25) is 0 Å². The number of carbonyl (C=O) groups excluding carboxylic acids is 1. The molecule has 0 radical (unpaired) electrons. The van der Waals surface area contributed by atoms with Crippen LogP contribution in [0.25, 0.3) is 4.85 Å². The van der Waals surface area contributed by atoms with E-state index in [2.05, 4.69) is 39.3 Å². The average molecular weight is 349 g/mol. The molecule has 1 amide bonds. The molecule has 134 valence electrons. The van der Waals surface area contributed by atoms with E-state index in [4.69, 9.17) is 6.57 Å². The summed E-state index contributed by atoms with van der Waals surface area (Å²) >= 11 is 0. The molecule has 1 heterocycles. The highest BCUT2D eigenvalue weighted by atomic mass is 16.3. The van der Waals surface area contributed by atoms with Crippen LogP contribution in [0.1, 0.15) is 27.9 Å². The Morgan fingerprint density at radius 2 is 1.92 bits per heavy atom. The van der Waals surface area contributed by atoms with Gasteiger partial charge in [0.05, 0.1) is 12.7 Å². The first-order valence-corrected chi connectivity index (χ1v) is 8.88. The highest BCUT2D eigenvalue weighted by Gasteiger charge is 2.18. The van der Waals surface area contributed by atoms with Gasteiger partial charge >= 0.3 is 0 Å². The second kappa shape index (κ2) is 8.61. The van der Waals surface area contributed by atoms with E-state index in [1.807, 2.05) is 0 Å². The molecule has 3 rings (SSSR count). The Bertz CT molecular complexity index is 796. The predicted molar refractivity (Wildman–Crippen MR) is 101 cm³/mol. The SMILES string of the molecule is [C-]#[N+]c1ccc(C(=O)NCCC(O)CN2CCc3ccccc3C2)cc1. The minimum atomic E-state index is -0.468. The van der Waals surface area contributed by atoms with Crippen LogP contribution in [0.3, 0.4) is 0 Å². The van der Waals surface area contributed by atoms with Crippen LogP contribution in [0.2, 0.25) is 0 Å². The molecule has 1 aliphatic heterocycles. The zero-order valence-electron chi connectivity index (χ0n) is 14.7. The van der Waals surface area contributed by atoms with Crippen LogP contribution < -0.4 is 5.32 Å². The van der Waals surface area contributed by atoms with E-state index in [0.717, 1.165) is 19.5 Å². The summed E-state index contributed by atoms with van der Waals surface area (Å²) in [5.74, 6) is -0.180. The standard InChI is InChI=1S/C21H23N3O2/c1-22-19-8-6-17(7-9-19)21(26)23-12-10-20(25)15-24-13-11-16-4-2-3-5-18(16)14-24/h2-9,20,25H,10-15H2,(H,23,26). The second-order valence-corrected chi connectivity index (χ2v) is 6.61. The van der Waals surface area contributed by atoms with Crippen LogP contribution in [0.5, 0.6) is 0 Å². The van der Waals surface area contributed by atoms with Crippen molar-refractivity contribution in [2.45, 2.75) is 25.5 Å². The number of nitrogens with one attached hydrogen (secondary N) is 1. The number of β-amino-alcohol motifs (C(OH)–C–C–N with tert-alkyl or cyclic N) is 1. The first-order valence-electron chi connectivity index (χ1n) is 8.88. The predicted octanol–water partition coefficient (Wildman–Crippen LogP) is 2.78. The van der Waals surface area contributed by atoms with Crippen molar-refractivity contribution in [1.29, 1.82) is 0 Å². The van der Waals surface area contributed by atoms with Crippen LogP contribution in [0.4, 0.5) is 5.69 Å². The number of amides is 1. The summed E-state index contributed by atoms with van der Waals surface area (Å²) < 4.78 is 0. The maximum atomic E-state index is 12.1. The van der Waals surface area contributed by atoms with Gasteiger partial charge in [-0.25, -0.2) is 4.85 Å². The molecule has 0 bridgehead atoms. The van der Waals surface area contributed by atoms with Gasteiger partial charge in [-0.3, -0.25) is 9.69 Å². The topological polar surface area (TPSA) is 56.9 Å². The summed E-state index contributed by atoms with van der Waals surface area (Å²) in [6.45, 7) is 9.78. The van der Waals surface area contributed by atoms with Crippen LogP contribution in [0.15, 0.2) is 48.5 Å². The van der Waals surface area contributed by atoms with Crippen molar-refractivity contribution in [3.05, 3.63) is 76.6 Å². The molecular formula is C21H23N3O2. The fourth-order valence-corrected chi connectivity index (χ4v) is 3.24. The lowest BCUT2D eigenvalue weighted by atomic mass is 9.99. The zero-order chi connectivity index (χ0) is 18.4. The van der Waals surface area contributed by atoms with Gasteiger partial charge in [0, 0.05) is 31.7 Å². The lowest BCUT2D eigenvalue weighted by Crippen LogP contribution is -2.38. The smallest absolute Gasteiger partial charge is 0.251 e. The fraction of sp³-hybridized carbons (Fsp3) is 0.333. The molecule has 1 unspecified atom stereocenters. The van der Waals surface area contributed by atoms with Crippen molar-refractivity contribution in [1.82, 2.24) is 10.2 Å². The van der Waals surface area contributed by atoms with Crippen molar-refractivity contribution in [2.75, 3.05) is 19.6 Å². The van der Waals surface area contributed by atoms with E-state index in [-0.39, 0.29) is 5.91 Å². The fourth-order valence-electron chi connectivity index (χ4n) is 3.24. The number of benzene rings is 2. The van der Waals surface area contributed by atoms with Crippen LogP contribution >= 0.6 is 0 Å². The van der Waals surface area contributed by atoms with Crippen molar-refractivity contribution in [2.24, 2.45) is 0 Å². The van der Waals surface area contributed by atoms with E-state index in [1.165, 1.54) is 11.1 Å². The summed E-state index contributed by atoms with van der Waals surface area (Å²) in [6.07, 6.45) is 1.06. The summed E-state index contributed by atoms with van der Waals surface area (Å²) in [7, 11) is 0. The molecule has 0 aliphatic carbocycles. The van der Waals surface area contributed by atoms with Gasteiger partial charge in [-0.15, -0.1) is 0 Å². The van der Waals surface area contributed by atoms with E-state index >= 15 is 0 Å². The highest BCUT2D eigenvalue weighted by molar-refractivity contribution is 5.94. The summed E-state index contributed by atoms with van der Waals surface area (Å²) in [5, 5.41) is 13.1. The number of aliphatic hydroxyl groups is 1. The summed E-state index contributed by atoms with van der Waals surface area (Å²) in [6, 6.07) is 15.0. The third kappa shape index (κ3) is 4.69. The van der Waals surface area contributed by atoms with Gasteiger partial charge in [-0.1, -0.05) is 48.5 Å². The number of hydrogen-bond acceptors (Lipinski definition) is 3. The molecule has 5 nitrogen and oxygen atoms in total. The maximum absolute atomic E-state index is 12.1. The number of nitrogens with zero attached hydrogens (tertiary/aromatic N) is 2. The van der Waals surface area contributed by atoms with Crippen LogP contribution in [-0.4, -0.2) is 41.7 Å². The van der Waals surface area contributed by atoms with E-state index in [1.54, 1.807) is 24.3 Å². The minimum absolute atomic E-state index is 0.180. The molecule has 1 aliphatic rings. The first-order chi connectivity index (χ1) is 12.7. The largest absolute Gasteiger partial charge is 0.392 e. The summed E-state index contributed by atoms with van der Waals surface area (Å²) in [5.41, 5.74) is 3.77. The van der Waals surface area contributed by atoms with Crippen LogP contribution in [0, 0.1) is 6.57 Å². The van der Waals surface area contributed by atoms with E-state index < -0.39 is 6.10 Å². The molecule has 0 spiro atoms. The Morgan fingerprint density at radius 3 is 2.65 bits per heavy atom. The number of rotatable bonds is 6. The number of hydrogen-bond donors (Lipinski definition) is 2.